The Morgan fingerprint density at radius 3 is 1.42 bits per heavy atom. The van der Waals surface area contributed by atoms with Gasteiger partial charge < -0.3 is 45.4 Å². The molecule has 26 nitrogen and oxygen atoms in total. The third kappa shape index (κ3) is 17.3. The van der Waals surface area contributed by atoms with Crippen molar-refractivity contribution in [2.45, 2.75) is 160 Å². The van der Waals surface area contributed by atoms with Crippen LogP contribution in [0.25, 0.3) is 0 Å². The van der Waals surface area contributed by atoms with E-state index in [1.807, 2.05) is 0 Å². The van der Waals surface area contributed by atoms with Gasteiger partial charge in [0.05, 0.1) is 75.8 Å². The highest BCUT2D eigenvalue weighted by Gasteiger charge is 2.42. The third-order valence-electron chi connectivity index (χ3n) is 14.8. The number of amides is 2. The number of hydrogen-bond donors (Lipinski definition) is 4. The molecule has 0 aromatic carbocycles. The SMILES string of the molecule is CC(C)(C)OC(=O)N[C@H]1CC(=O)CO[C@@H]1c1sccc1F.CC(C)(C)OC(=O)N[C@H]1C[C@@H](N2Cc3cn(S(C)(=O)=O)nc3C2)CO[C@@H]1c1sccc1F.CS(=O)(=O)n1cc2c(n1)CN([C@H]1CO[C@H](c3sccc3F)[C@@H](N)C1)C2.CS(=O)(=O)n1cc2c(n1)CNC2. The van der Waals surface area contributed by atoms with Gasteiger partial charge in [-0.1, -0.05) is 0 Å². The molecule has 6 aromatic rings. The second-order valence-electron chi connectivity index (χ2n) is 24.5. The van der Waals surface area contributed by atoms with Crippen LogP contribution >= 0.6 is 34.0 Å². The summed E-state index contributed by atoms with van der Waals surface area (Å²) in [6, 6.07) is 2.81. The zero-order valence-electron chi connectivity index (χ0n) is 50.8. The van der Waals surface area contributed by atoms with Gasteiger partial charge in [0.2, 0.25) is 0 Å². The Morgan fingerprint density at radius 1 is 0.600 bits per heavy atom. The molecular weight excluding hydrogens is 1300 g/mol. The van der Waals surface area contributed by atoms with Crippen LogP contribution in [0.1, 0.15) is 128 Å². The maximum Gasteiger partial charge on any atom is 0.407 e. The quantitative estimate of drug-likeness (QED) is 0.126. The molecule has 12 heterocycles. The van der Waals surface area contributed by atoms with E-state index in [9.17, 15) is 52.8 Å². The van der Waals surface area contributed by atoms with Gasteiger partial charge in [0.25, 0.3) is 30.1 Å². The van der Waals surface area contributed by atoms with Crippen LogP contribution in [0.15, 0.2) is 52.9 Å². The van der Waals surface area contributed by atoms with Crippen molar-refractivity contribution in [3.8, 4) is 0 Å². The van der Waals surface area contributed by atoms with E-state index in [4.69, 9.17) is 29.4 Å². The fourth-order valence-electron chi connectivity index (χ4n) is 10.7. The number of ether oxygens (including phenoxy) is 5. The number of thiophene rings is 3. The van der Waals surface area contributed by atoms with Gasteiger partial charge in [0, 0.05) is 99.1 Å². The molecule has 0 bridgehead atoms. The fraction of sp³-hybridized carbons (Fsp3) is 0.564. The first-order valence-electron chi connectivity index (χ1n) is 28.4. The molecule has 8 atom stereocenters. The molecule has 6 aliphatic heterocycles. The van der Waals surface area contributed by atoms with Crippen molar-refractivity contribution in [1.29, 1.82) is 0 Å². The zero-order valence-corrected chi connectivity index (χ0v) is 55.7. The number of carbonyl (C=O) groups is 3. The summed E-state index contributed by atoms with van der Waals surface area (Å²) in [5.74, 6) is -1.15. The van der Waals surface area contributed by atoms with Crippen LogP contribution in [0.5, 0.6) is 0 Å². The predicted molar refractivity (Wildman–Crippen MR) is 326 cm³/mol. The number of nitrogens with one attached hydrogen (secondary N) is 3. The largest absolute Gasteiger partial charge is 0.444 e. The smallest absolute Gasteiger partial charge is 0.407 e. The highest BCUT2D eigenvalue weighted by atomic mass is 32.2. The Hall–Kier alpha value is -5.70. The Morgan fingerprint density at radius 2 is 1.01 bits per heavy atom. The van der Waals surface area contributed by atoms with Crippen LogP contribution in [0.3, 0.4) is 0 Å². The minimum absolute atomic E-state index is 0.0601. The zero-order chi connectivity index (χ0) is 65.4. The molecule has 12 rings (SSSR count). The first-order valence-corrected chi connectivity index (χ1v) is 36.6. The number of nitrogens with two attached hydrogens (primary N) is 1. The second-order valence-corrected chi connectivity index (χ2v) is 32.8. The Bertz CT molecular complexity index is 3840. The molecule has 6 aliphatic rings. The van der Waals surface area contributed by atoms with Crippen molar-refractivity contribution in [2.24, 2.45) is 5.73 Å². The first kappa shape index (κ1) is 68.7. The number of halogens is 3. The lowest BCUT2D eigenvalue weighted by atomic mass is 9.96. The average Bonchev–Trinajstić information content (AvgIpc) is 1.58. The number of aromatic nitrogens is 6. The normalized spacial score (nSPS) is 23.9. The Labute approximate surface area is 531 Å². The maximum absolute atomic E-state index is 14.3. The molecule has 6 aromatic heterocycles. The van der Waals surface area contributed by atoms with Crippen LogP contribution in [0.4, 0.5) is 22.8 Å². The summed E-state index contributed by atoms with van der Waals surface area (Å²) in [7, 11) is -9.99. The molecule has 3 saturated heterocycles. The average molecular weight is 1380 g/mol. The molecule has 0 spiro atoms. The van der Waals surface area contributed by atoms with Crippen LogP contribution in [0.2, 0.25) is 0 Å². The molecule has 35 heteroatoms. The summed E-state index contributed by atoms with van der Waals surface area (Å²) >= 11 is 3.78. The van der Waals surface area contributed by atoms with Gasteiger partial charge in [0.15, 0.2) is 5.78 Å². The number of Topliss-reactive ketones (excluding diaryl/α,β-unsaturated/α-hetero) is 1. The number of fused-ring (bicyclic) bond motifs is 3. The molecular formula is C55H73F3N12O14S6. The Balaban J connectivity index is 0.000000149. The molecule has 0 radical (unpaired) electrons. The molecule has 5 N–H and O–H groups in total. The molecule has 3 fully saturated rings. The van der Waals surface area contributed by atoms with Gasteiger partial charge >= 0.3 is 12.2 Å². The van der Waals surface area contributed by atoms with Crippen LogP contribution < -0.4 is 21.7 Å². The maximum atomic E-state index is 14.3. The van der Waals surface area contributed by atoms with Gasteiger partial charge in [-0.3, -0.25) is 14.6 Å². The second kappa shape index (κ2) is 27.5. The summed E-state index contributed by atoms with van der Waals surface area (Å²) in [5, 5.41) is 25.8. The summed E-state index contributed by atoms with van der Waals surface area (Å²) in [5.41, 5.74) is 9.98. The van der Waals surface area contributed by atoms with Crippen LogP contribution in [-0.4, -0.2) is 161 Å². The van der Waals surface area contributed by atoms with E-state index in [1.165, 1.54) is 58.4 Å². The van der Waals surface area contributed by atoms with Crippen molar-refractivity contribution in [1.82, 2.24) is 53.3 Å². The third-order valence-corrected chi connectivity index (χ3v) is 20.3. The van der Waals surface area contributed by atoms with Gasteiger partial charge in [-0.25, -0.2) is 48.0 Å². The van der Waals surface area contributed by atoms with Gasteiger partial charge in [-0.15, -0.1) is 34.0 Å². The summed E-state index contributed by atoms with van der Waals surface area (Å²) in [6.45, 7) is 14.9. The molecule has 90 heavy (non-hydrogen) atoms. The lowest BCUT2D eigenvalue weighted by Crippen LogP contribution is -2.51. The van der Waals surface area contributed by atoms with Gasteiger partial charge in [0.1, 0.15) is 53.6 Å². The molecule has 2 amide bonds. The van der Waals surface area contributed by atoms with Gasteiger partial charge in [-0.2, -0.15) is 27.6 Å². The number of rotatable bonds is 10. The topological polar surface area (TPSA) is 322 Å². The lowest BCUT2D eigenvalue weighted by molar-refractivity contribution is -0.133. The van der Waals surface area contributed by atoms with Crippen molar-refractivity contribution < 1.29 is 76.5 Å². The van der Waals surface area contributed by atoms with Crippen molar-refractivity contribution in [3.05, 3.63) is 119 Å². The number of ketones is 1. The van der Waals surface area contributed by atoms with Gasteiger partial charge in [-0.05, 0) is 88.7 Å². The van der Waals surface area contributed by atoms with Crippen LogP contribution in [-0.2, 0) is 97.8 Å². The standard InChI is InChI=1S/C20H27FN4O5S2.C15H19FN4O3S2.C14H18FNO4S.C6H9N3O2S/c1-20(2,3)30-19(26)22-15-7-13(11-29-17(15)18-14(21)5-6-31-18)24-8-12-9-25(32(4,27)28)23-16(12)10-24;1-25(21,22)20-6-9-5-19(7-13(9)18-20)10-4-12(17)14(23-8-10)15-11(16)2-3-24-15;1-14(2,3)20-13(18)16-10-6-8(17)7-19-11(10)12-9(15)4-5-21-12;1-12(10,11)9-4-5-2-7-3-6(5)8-9/h5-6,9,13,15,17H,7-8,10-11H2,1-4H3,(H,22,26);2-3,6,10,12,14H,4-5,7-8,17H2,1H3;4-5,10-11H,6-7H2,1-3H3,(H,16,18);4,7H,2-3H2,1H3/t13-,15+,17+;10-,12+,14+;10-,11-;/m110./s1. The van der Waals surface area contributed by atoms with E-state index >= 15 is 0 Å². The summed E-state index contributed by atoms with van der Waals surface area (Å²) < 4.78 is 141. The molecule has 494 valence electrons. The van der Waals surface area contributed by atoms with E-state index in [-0.39, 0.29) is 48.6 Å². The molecule has 0 aliphatic carbocycles. The monoisotopic (exact) mass is 1370 g/mol. The number of hydrogen-bond acceptors (Lipinski definition) is 24. The van der Waals surface area contributed by atoms with E-state index < -0.39 is 89.7 Å². The number of carbonyl (C=O) groups excluding carboxylic acids is 3. The van der Waals surface area contributed by atoms with Crippen molar-refractivity contribution in [2.75, 3.05) is 38.6 Å². The molecule has 0 saturated carbocycles. The van der Waals surface area contributed by atoms with E-state index in [0.29, 0.717) is 85.6 Å². The van der Waals surface area contributed by atoms with Crippen molar-refractivity contribution >= 4 is 82.0 Å². The fourth-order valence-corrected chi connectivity index (χ4v) is 15.1. The summed E-state index contributed by atoms with van der Waals surface area (Å²) in [4.78, 5) is 41.5. The minimum atomic E-state index is -3.43. The Kier molecular flexibility index (Phi) is 21.0. The van der Waals surface area contributed by atoms with E-state index in [2.05, 4.69) is 41.0 Å². The lowest BCUT2D eigenvalue weighted by Gasteiger charge is -2.40. The minimum Gasteiger partial charge on any atom is -0.444 e. The van der Waals surface area contributed by atoms with Crippen molar-refractivity contribution in [3.63, 3.8) is 0 Å². The number of nitrogens with zero attached hydrogens (tertiary/aromatic N) is 8. The highest BCUT2D eigenvalue weighted by molar-refractivity contribution is 7.89. The predicted octanol–water partition coefficient (Wildman–Crippen LogP) is 5.80. The highest BCUT2D eigenvalue weighted by Crippen LogP contribution is 2.39. The van der Waals surface area contributed by atoms with Crippen LogP contribution in [0, 0.1) is 17.5 Å². The molecule has 0 unspecified atom stereocenters. The van der Waals surface area contributed by atoms with E-state index in [0.717, 1.165) is 59.1 Å². The number of alkyl carbamates (subject to hydrolysis) is 2. The first-order chi connectivity index (χ1) is 42.1. The summed E-state index contributed by atoms with van der Waals surface area (Å²) in [6.07, 6.45) is 6.44. The van der Waals surface area contributed by atoms with E-state index in [1.54, 1.807) is 70.1 Å².